The Hall–Kier alpha value is -3.48. The first kappa shape index (κ1) is 19.8. The molecule has 0 radical (unpaired) electrons. The van der Waals surface area contributed by atoms with Crippen molar-refractivity contribution in [1.82, 2.24) is 0 Å². The largest absolute Gasteiger partial charge is 0.462 e. The van der Waals surface area contributed by atoms with E-state index >= 15 is 0 Å². The van der Waals surface area contributed by atoms with Crippen LogP contribution in [0.4, 0.5) is 17.1 Å². The lowest BCUT2D eigenvalue weighted by atomic mass is 10.1. The third-order valence-electron chi connectivity index (χ3n) is 5.33. The van der Waals surface area contributed by atoms with Crippen LogP contribution in [0.25, 0.3) is 0 Å². The van der Waals surface area contributed by atoms with Crippen LogP contribution < -0.4 is 10.2 Å². The number of fused-ring (bicyclic) bond motifs is 2. The lowest BCUT2D eigenvalue weighted by Crippen LogP contribution is -2.42. The van der Waals surface area contributed by atoms with Gasteiger partial charge in [-0.05, 0) is 50.5 Å². The monoisotopic (exact) mass is 405 g/mol. The Morgan fingerprint density at radius 2 is 1.93 bits per heavy atom. The van der Waals surface area contributed by atoms with Crippen LogP contribution in [0.2, 0.25) is 0 Å². The third-order valence-corrected chi connectivity index (χ3v) is 5.33. The van der Waals surface area contributed by atoms with Gasteiger partial charge in [0.05, 0.1) is 35.2 Å². The van der Waals surface area contributed by atoms with Gasteiger partial charge in [0.25, 0.3) is 0 Å². The van der Waals surface area contributed by atoms with Crippen LogP contribution >= 0.6 is 0 Å². The second-order valence-corrected chi connectivity index (χ2v) is 7.28. The number of hydrogen-bond acceptors (Lipinski definition) is 5. The van der Waals surface area contributed by atoms with E-state index < -0.39 is 11.9 Å². The highest BCUT2D eigenvalue weighted by molar-refractivity contribution is 6.17. The molecule has 1 aliphatic carbocycles. The number of esters is 1. The zero-order valence-corrected chi connectivity index (χ0v) is 16.8. The number of nitrogens with zero attached hydrogens (tertiary/aromatic N) is 2. The van der Waals surface area contributed by atoms with Gasteiger partial charge in [0.15, 0.2) is 0 Å². The molecule has 1 atom stereocenters. The predicted molar refractivity (Wildman–Crippen MR) is 114 cm³/mol. The normalized spacial score (nSPS) is 17.5. The lowest BCUT2D eigenvalue weighted by Gasteiger charge is -2.24. The highest BCUT2D eigenvalue weighted by Crippen LogP contribution is 2.37. The molecule has 1 fully saturated rings. The summed E-state index contributed by atoms with van der Waals surface area (Å²) >= 11 is 0. The Morgan fingerprint density at radius 1 is 1.17 bits per heavy atom. The summed E-state index contributed by atoms with van der Waals surface area (Å²) in [6.45, 7) is 1.80. The maximum absolute atomic E-state index is 13.2. The van der Waals surface area contributed by atoms with Crippen LogP contribution in [-0.2, 0) is 14.3 Å². The Morgan fingerprint density at radius 3 is 2.77 bits per heavy atom. The number of hydrogen-bond donors (Lipinski definition) is 1. The average molecular weight is 405 g/mol. The van der Waals surface area contributed by atoms with Crippen LogP contribution in [0.5, 0.6) is 0 Å². The highest BCUT2D eigenvalue weighted by Gasteiger charge is 2.37. The number of para-hydroxylation sites is 3. The summed E-state index contributed by atoms with van der Waals surface area (Å²) < 4.78 is 5.06. The van der Waals surface area contributed by atoms with E-state index in [4.69, 9.17) is 9.73 Å². The Balaban J connectivity index is 1.58. The summed E-state index contributed by atoms with van der Waals surface area (Å²) in [4.78, 5) is 44.5. The van der Waals surface area contributed by atoms with Gasteiger partial charge >= 0.3 is 5.97 Å². The molecule has 154 valence electrons. The minimum Gasteiger partial charge on any atom is -0.462 e. The molecule has 7 nitrogen and oxygen atoms in total. The molecule has 0 saturated heterocycles. The van der Waals surface area contributed by atoms with E-state index in [1.165, 1.54) is 4.90 Å². The molecule has 2 aromatic rings. The van der Waals surface area contributed by atoms with Crippen molar-refractivity contribution in [1.29, 1.82) is 0 Å². The van der Waals surface area contributed by atoms with E-state index in [9.17, 15) is 14.4 Å². The molecule has 2 aromatic carbocycles. The summed E-state index contributed by atoms with van der Waals surface area (Å²) in [6, 6.07) is 14.0. The Kier molecular flexibility index (Phi) is 5.61. The van der Waals surface area contributed by atoms with Gasteiger partial charge in [0.2, 0.25) is 11.8 Å². The molecule has 1 heterocycles. The molecule has 4 rings (SSSR count). The number of carbonyl (C=O) groups excluding carboxylic acids is 3. The van der Waals surface area contributed by atoms with Gasteiger partial charge < -0.3 is 15.0 Å². The Labute approximate surface area is 174 Å². The van der Waals surface area contributed by atoms with E-state index in [2.05, 4.69) is 5.32 Å². The summed E-state index contributed by atoms with van der Waals surface area (Å²) in [7, 11) is 0. The first-order valence-corrected chi connectivity index (χ1v) is 10.1. The number of benzene rings is 2. The van der Waals surface area contributed by atoms with Gasteiger partial charge in [-0.1, -0.05) is 24.3 Å². The molecule has 2 amide bonds. The fraction of sp³-hybridized carbons (Fsp3) is 0.304. The maximum atomic E-state index is 13.2. The van der Waals surface area contributed by atoms with Gasteiger partial charge in [0.1, 0.15) is 6.54 Å². The summed E-state index contributed by atoms with van der Waals surface area (Å²) in [5.41, 5.74) is 2.84. The zero-order valence-electron chi connectivity index (χ0n) is 16.8. The number of amides is 2. The van der Waals surface area contributed by atoms with E-state index in [0.29, 0.717) is 17.1 Å². The molecule has 1 saturated carbocycles. The van der Waals surface area contributed by atoms with Crippen molar-refractivity contribution in [3.63, 3.8) is 0 Å². The number of aliphatic imine (C=N–C) groups is 1. The number of anilines is 2. The van der Waals surface area contributed by atoms with Crippen molar-refractivity contribution in [2.45, 2.75) is 26.2 Å². The van der Waals surface area contributed by atoms with Gasteiger partial charge in [0, 0.05) is 5.71 Å². The minimum atomic E-state index is -0.506. The second kappa shape index (κ2) is 8.49. The van der Waals surface area contributed by atoms with Crippen molar-refractivity contribution in [2.75, 3.05) is 23.4 Å². The van der Waals surface area contributed by atoms with E-state index in [1.54, 1.807) is 37.3 Å². The van der Waals surface area contributed by atoms with Gasteiger partial charge in [-0.15, -0.1) is 0 Å². The molecular formula is C23H23N3O4. The van der Waals surface area contributed by atoms with E-state index in [-0.39, 0.29) is 30.5 Å². The predicted octanol–water partition coefficient (Wildman–Crippen LogP) is 3.72. The second-order valence-electron chi connectivity index (χ2n) is 7.28. The fourth-order valence-corrected chi connectivity index (χ4v) is 3.95. The van der Waals surface area contributed by atoms with E-state index in [0.717, 1.165) is 25.0 Å². The van der Waals surface area contributed by atoms with Gasteiger partial charge in [-0.3, -0.25) is 14.6 Å². The minimum absolute atomic E-state index is 0.106. The maximum Gasteiger partial charge on any atom is 0.340 e. The number of carbonyl (C=O) groups is 3. The van der Waals surface area contributed by atoms with Crippen LogP contribution in [0.15, 0.2) is 53.5 Å². The molecule has 1 aliphatic heterocycles. The average Bonchev–Trinajstić information content (AvgIpc) is 3.17. The molecule has 0 spiro atoms. The van der Waals surface area contributed by atoms with Crippen molar-refractivity contribution in [2.24, 2.45) is 10.9 Å². The Bertz CT molecular complexity index is 1030. The van der Waals surface area contributed by atoms with Crippen LogP contribution in [0.3, 0.4) is 0 Å². The molecule has 2 aliphatic rings. The summed E-state index contributed by atoms with van der Waals surface area (Å²) in [5, 5.41) is 2.76. The van der Waals surface area contributed by atoms with Gasteiger partial charge in [-0.2, -0.15) is 0 Å². The third kappa shape index (κ3) is 3.83. The zero-order chi connectivity index (χ0) is 21.1. The lowest BCUT2D eigenvalue weighted by molar-refractivity contribution is -0.123. The molecule has 7 heteroatoms. The van der Waals surface area contributed by atoms with Crippen molar-refractivity contribution >= 4 is 40.6 Å². The smallest absolute Gasteiger partial charge is 0.340 e. The number of rotatable bonds is 5. The summed E-state index contributed by atoms with van der Waals surface area (Å²) in [5.74, 6) is -1.29. The topological polar surface area (TPSA) is 88.1 Å². The molecule has 30 heavy (non-hydrogen) atoms. The van der Waals surface area contributed by atoms with Crippen LogP contribution in [-0.4, -0.2) is 36.6 Å². The SMILES string of the molecule is CCOC(=O)c1ccccc1NC(=O)CN1C(=O)C2CCCC2=Nc2ccccc21. The fourth-order valence-electron chi connectivity index (χ4n) is 3.95. The van der Waals surface area contributed by atoms with Crippen LogP contribution in [0.1, 0.15) is 36.5 Å². The first-order valence-electron chi connectivity index (χ1n) is 10.1. The molecule has 1 N–H and O–H groups in total. The first-order chi connectivity index (χ1) is 14.6. The van der Waals surface area contributed by atoms with Crippen LogP contribution in [0, 0.1) is 5.92 Å². The molecule has 1 unspecified atom stereocenters. The van der Waals surface area contributed by atoms with Crippen molar-refractivity contribution in [3.8, 4) is 0 Å². The number of nitrogens with one attached hydrogen (secondary N) is 1. The molecule has 0 aromatic heterocycles. The quantitative estimate of drug-likeness (QED) is 0.768. The van der Waals surface area contributed by atoms with Crippen molar-refractivity contribution in [3.05, 3.63) is 54.1 Å². The summed E-state index contributed by atoms with van der Waals surface area (Å²) in [6.07, 6.45) is 2.47. The number of ether oxygens (including phenoxy) is 1. The molecular weight excluding hydrogens is 382 g/mol. The standard InChI is InChI=1S/C23H23N3O4/c1-2-30-23(29)16-8-3-4-10-18(16)25-21(27)14-26-20-13-6-5-11-19(20)24-17-12-7-9-15(17)22(26)28/h3-6,8,10-11,13,15H,2,7,9,12,14H2,1H3,(H,25,27). The van der Waals surface area contributed by atoms with Gasteiger partial charge in [-0.25, -0.2) is 4.79 Å². The highest BCUT2D eigenvalue weighted by atomic mass is 16.5. The van der Waals surface area contributed by atoms with Crippen molar-refractivity contribution < 1.29 is 19.1 Å². The molecule has 0 bridgehead atoms. The van der Waals surface area contributed by atoms with E-state index in [1.807, 2.05) is 18.2 Å².